The van der Waals surface area contributed by atoms with Gasteiger partial charge in [-0.15, -0.1) is 0 Å². The molecular formula is C17H27N3O. The highest BCUT2D eigenvalue weighted by molar-refractivity contribution is 5.78. The molecule has 0 bridgehead atoms. The number of carbonyl (C=O) groups is 1. The number of amides is 1. The van der Waals surface area contributed by atoms with E-state index in [4.69, 9.17) is 0 Å². The summed E-state index contributed by atoms with van der Waals surface area (Å²) in [7, 11) is 1.93. The number of nitrogens with one attached hydrogen (secondary N) is 2. The van der Waals surface area contributed by atoms with Gasteiger partial charge in [-0.1, -0.05) is 30.7 Å². The second-order valence-electron chi connectivity index (χ2n) is 5.78. The molecule has 0 radical (unpaired) electrons. The van der Waals surface area contributed by atoms with Crippen LogP contribution in [0.25, 0.3) is 0 Å². The molecule has 1 aliphatic heterocycles. The minimum atomic E-state index is 0.119. The molecule has 1 fully saturated rings. The average molecular weight is 289 g/mol. The summed E-state index contributed by atoms with van der Waals surface area (Å²) in [6, 6.07) is 8.23. The quantitative estimate of drug-likeness (QED) is 0.800. The second kappa shape index (κ2) is 8.80. The van der Waals surface area contributed by atoms with E-state index >= 15 is 0 Å². The molecule has 0 saturated carbocycles. The van der Waals surface area contributed by atoms with E-state index in [2.05, 4.69) is 27.7 Å². The van der Waals surface area contributed by atoms with E-state index in [0.717, 1.165) is 25.2 Å². The number of benzene rings is 1. The van der Waals surface area contributed by atoms with Crippen molar-refractivity contribution in [2.45, 2.75) is 32.2 Å². The van der Waals surface area contributed by atoms with Crippen molar-refractivity contribution < 1.29 is 4.79 Å². The van der Waals surface area contributed by atoms with Crippen molar-refractivity contribution in [1.29, 1.82) is 0 Å². The maximum atomic E-state index is 11.9. The van der Waals surface area contributed by atoms with Crippen molar-refractivity contribution in [3.8, 4) is 0 Å². The first-order valence-corrected chi connectivity index (χ1v) is 7.99. The highest BCUT2D eigenvalue weighted by atomic mass is 16.1. The average Bonchev–Trinajstić information content (AvgIpc) is 2.51. The van der Waals surface area contributed by atoms with Gasteiger partial charge in [0.1, 0.15) is 0 Å². The van der Waals surface area contributed by atoms with E-state index in [1.807, 2.05) is 19.2 Å². The maximum Gasteiger partial charge on any atom is 0.224 e. The molecule has 21 heavy (non-hydrogen) atoms. The zero-order valence-corrected chi connectivity index (χ0v) is 13.0. The summed E-state index contributed by atoms with van der Waals surface area (Å²) in [4.78, 5) is 14.4. The Bertz CT molecular complexity index is 424. The number of rotatable bonds is 7. The Morgan fingerprint density at radius 2 is 1.76 bits per heavy atom. The lowest BCUT2D eigenvalue weighted by Gasteiger charge is -2.26. The fraction of sp³-hybridized carbons (Fsp3) is 0.588. The van der Waals surface area contributed by atoms with Crippen molar-refractivity contribution >= 4 is 5.91 Å². The van der Waals surface area contributed by atoms with Crippen LogP contribution in [0.4, 0.5) is 0 Å². The van der Waals surface area contributed by atoms with Crippen molar-refractivity contribution in [2.24, 2.45) is 0 Å². The molecule has 1 heterocycles. The smallest absolute Gasteiger partial charge is 0.224 e. The zero-order chi connectivity index (χ0) is 14.9. The van der Waals surface area contributed by atoms with Gasteiger partial charge in [-0.25, -0.2) is 0 Å². The number of carbonyl (C=O) groups excluding carboxylic acids is 1. The molecule has 2 N–H and O–H groups in total. The predicted octanol–water partition coefficient (Wildman–Crippen LogP) is 1.55. The SMILES string of the molecule is CNCc1ccc(CC(=O)NCCN2CCCCC2)cc1. The number of hydrogen-bond acceptors (Lipinski definition) is 3. The van der Waals surface area contributed by atoms with Gasteiger partial charge in [0.15, 0.2) is 0 Å². The van der Waals surface area contributed by atoms with Gasteiger partial charge in [-0.3, -0.25) is 4.79 Å². The third kappa shape index (κ3) is 5.86. The molecule has 0 aliphatic carbocycles. The molecular weight excluding hydrogens is 262 g/mol. The maximum absolute atomic E-state index is 11.9. The second-order valence-corrected chi connectivity index (χ2v) is 5.78. The van der Waals surface area contributed by atoms with Crippen LogP contribution in [0.3, 0.4) is 0 Å². The van der Waals surface area contributed by atoms with Gasteiger partial charge in [0, 0.05) is 19.6 Å². The minimum Gasteiger partial charge on any atom is -0.355 e. The van der Waals surface area contributed by atoms with E-state index in [-0.39, 0.29) is 5.91 Å². The van der Waals surface area contributed by atoms with Gasteiger partial charge in [0.05, 0.1) is 6.42 Å². The van der Waals surface area contributed by atoms with Gasteiger partial charge >= 0.3 is 0 Å². The standard InChI is InChI=1S/C17H27N3O/c1-18-14-16-7-5-15(6-8-16)13-17(21)19-9-12-20-10-3-2-4-11-20/h5-8,18H,2-4,9-14H2,1H3,(H,19,21). The first-order valence-electron chi connectivity index (χ1n) is 7.99. The first-order chi connectivity index (χ1) is 10.3. The minimum absolute atomic E-state index is 0.119. The Hall–Kier alpha value is -1.39. The number of hydrogen-bond donors (Lipinski definition) is 2. The molecule has 2 rings (SSSR count). The van der Waals surface area contributed by atoms with Crippen LogP contribution in [0.15, 0.2) is 24.3 Å². The Kier molecular flexibility index (Phi) is 6.70. The molecule has 1 aromatic rings. The van der Waals surface area contributed by atoms with Crippen LogP contribution >= 0.6 is 0 Å². The summed E-state index contributed by atoms with van der Waals surface area (Å²) >= 11 is 0. The van der Waals surface area contributed by atoms with Crippen LogP contribution in [0.2, 0.25) is 0 Å². The third-order valence-electron chi connectivity index (χ3n) is 3.97. The zero-order valence-electron chi connectivity index (χ0n) is 13.0. The molecule has 0 unspecified atom stereocenters. The van der Waals surface area contributed by atoms with E-state index in [9.17, 15) is 4.79 Å². The van der Waals surface area contributed by atoms with Crippen LogP contribution in [0.5, 0.6) is 0 Å². The Morgan fingerprint density at radius 1 is 1.10 bits per heavy atom. The Morgan fingerprint density at radius 3 is 2.43 bits per heavy atom. The van der Waals surface area contributed by atoms with Gasteiger partial charge in [0.25, 0.3) is 0 Å². The fourth-order valence-electron chi connectivity index (χ4n) is 2.76. The molecule has 1 amide bonds. The molecule has 1 aromatic carbocycles. The largest absolute Gasteiger partial charge is 0.355 e. The first kappa shape index (κ1) is 16.0. The summed E-state index contributed by atoms with van der Waals surface area (Å²) in [5, 5.41) is 6.14. The van der Waals surface area contributed by atoms with Crippen molar-refractivity contribution in [1.82, 2.24) is 15.5 Å². The molecule has 1 saturated heterocycles. The summed E-state index contributed by atoms with van der Waals surface area (Å²) < 4.78 is 0. The predicted molar refractivity (Wildman–Crippen MR) is 86.2 cm³/mol. The van der Waals surface area contributed by atoms with E-state index in [0.29, 0.717) is 6.42 Å². The normalized spacial score (nSPS) is 15.9. The molecule has 0 aromatic heterocycles. The number of piperidine rings is 1. The van der Waals surface area contributed by atoms with Gasteiger partial charge in [-0.05, 0) is 44.1 Å². The Balaban J connectivity index is 1.66. The number of nitrogens with zero attached hydrogens (tertiary/aromatic N) is 1. The monoisotopic (exact) mass is 289 g/mol. The lowest BCUT2D eigenvalue weighted by molar-refractivity contribution is -0.120. The van der Waals surface area contributed by atoms with Gasteiger partial charge in [0.2, 0.25) is 5.91 Å². The van der Waals surface area contributed by atoms with E-state index in [1.54, 1.807) is 0 Å². The fourth-order valence-corrected chi connectivity index (χ4v) is 2.76. The molecule has 0 spiro atoms. The van der Waals surface area contributed by atoms with Crippen LogP contribution in [0.1, 0.15) is 30.4 Å². The summed E-state index contributed by atoms with van der Waals surface area (Å²) in [5.41, 5.74) is 2.32. The van der Waals surface area contributed by atoms with Crippen LogP contribution in [-0.4, -0.2) is 44.0 Å². The van der Waals surface area contributed by atoms with Crippen molar-refractivity contribution in [2.75, 3.05) is 33.2 Å². The molecule has 4 heteroatoms. The molecule has 4 nitrogen and oxygen atoms in total. The molecule has 0 atom stereocenters. The van der Waals surface area contributed by atoms with Crippen LogP contribution in [-0.2, 0) is 17.8 Å². The summed E-state index contributed by atoms with van der Waals surface area (Å²) in [6.45, 7) is 4.97. The van der Waals surface area contributed by atoms with Crippen LogP contribution in [0, 0.1) is 0 Å². The number of likely N-dealkylation sites (tertiary alicyclic amines) is 1. The van der Waals surface area contributed by atoms with E-state index < -0.39 is 0 Å². The van der Waals surface area contributed by atoms with Gasteiger partial charge in [-0.2, -0.15) is 0 Å². The summed E-state index contributed by atoms with van der Waals surface area (Å²) in [6.07, 6.45) is 4.42. The van der Waals surface area contributed by atoms with Gasteiger partial charge < -0.3 is 15.5 Å². The van der Waals surface area contributed by atoms with Crippen molar-refractivity contribution in [3.63, 3.8) is 0 Å². The van der Waals surface area contributed by atoms with E-state index in [1.165, 1.54) is 37.9 Å². The molecule has 1 aliphatic rings. The third-order valence-corrected chi connectivity index (χ3v) is 3.97. The topological polar surface area (TPSA) is 44.4 Å². The molecule has 116 valence electrons. The van der Waals surface area contributed by atoms with Crippen molar-refractivity contribution in [3.05, 3.63) is 35.4 Å². The van der Waals surface area contributed by atoms with Crippen LogP contribution < -0.4 is 10.6 Å². The Labute approximate surface area is 127 Å². The summed E-state index contributed by atoms with van der Waals surface area (Å²) in [5.74, 6) is 0.119. The highest BCUT2D eigenvalue weighted by Gasteiger charge is 2.10. The highest BCUT2D eigenvalue weighted by Crippen LogP contribution is 2.07. The lowest BCUT2D eigenvalue weighted by atomic mass is 10.1. The lowest BCUT2D eigenvalue weighted by Crippen LogP contribution is -2.38.